The number of rotatable bonds is 4. The second-order valence-electron chi connectivity index (χ2n) is 6.37. The first-order chi connectivity index (χ1) is 12.0. The maximum Gasteiger partial charge on any atom is 0.339 e. The van der Waals surface area contributed by atoms with Crippen molar-refractivity contribution in [2.75, 3.05) is 13.2 Å². The van der Waals surface area contributed by atoms with E-state index < -0.39 is 12.1 Å². The third-order valence-electron chi connectivity index (χ3n) is 4.44. The molecule has 136 valence electrons. The van der Waals surface area contributed by atoms with Gasteiger partial charge in [-0.05, 0) is 31.9 Å². The summed E-state index contributed by atoms with van der Waals surface area (Å²) in [4.78, 5) is 24.6. The number of nitrogens with one attached hydrogen (secondary N) is 1. The van der Waals surface area contributed by atoms with Crippen LogP contribution in [0.5, 0.6) is 11.5 Å². The molecule has 25 heavy (non-hydrogen) atoms. The Morgan fingerprint density at radius 2 is 1.92 bits per heavy atom. The van der Waals surface area contributed by atoms with Crippen LogP contribution in [0.15, 0.2) is 12.1 Å². The molecule has 1 saturated carbocycles. The van der Waals surface area contributed by atoms with E-state index in [9.17, 15) is 9.59 Å². The zero-order valence-corrected chi connectivity index (χ0v) is 14.9. The lowest BCUT2D eigenvalue weighted by atomic mass is 9.95. The Balaban J connectivity index is 1.61. The number of hydrogen-bond acceptors (Lipinski definition) is 5. The van der Waals surface area contributed by atoms with Gasteiger partial charge in [-0.2, -0.15) is 0 Å². The Morgan fingerprint density at radius 3 is 2.68 bits per heavy atom. The van der Waals surface area contributed by atoms with Crippen LogP contribution in [-0.2, 0) is 9.53 Å². The van der Waals surface area contributed by atoms with Gasteiger partial charge in [0.1, 0.15) is 13.2 Å². The maximum atomic E-state index is 12.3. The van der Waals surface area contributed by atoms with Gasteiger partial charge >= 0.3 is 5.97 Å². The number of ether oxygens (including phenoxy) is 3. The molecule has 0 radical (unpaired) electrons. The van der Waals surface area contributed by atoms with Crippen LogP contribution in [-0.4, -0.2) is 37.2 Å². The average molecular weight is 368 g/mol. The van der Waals surface area contributed by atoms with E-state index in [0.717, 1.165) is 25.7 Å². The van der Waals surface area contributed by atoms with Crippen LogP contribution in [0.1, 0.15) is 49.4 Å². The molecule has 1 aliphatic carbocycles. The number of fused-ring (bicyclic) bond motifs is 1. The zero-order valence-electron chi connectivity index (χ0n) is 14.2. The summed E-state index contributed by atoms with van der Waals surface area (Å²) in [5.74, 6) is -0.0633. The molecule has 0 unspecified atom stereocenters. The van der Waals surface area contributed by atoms with Crippen LogP contribution in [0.2, 0.25) is 5.02 Å². The fraction of sp³-hybridized carbons (Fsp3) is 0.556. The lowest BCUT2D eigenvalue weighted by Gasteiger charge is -2.24. The summed E-state index contributed by atoms with van der Waals surface area (Å²) in [6.07, 6.45) is 4.53. The highest BCUT2D eigenvalue weighted by Crippen LogP contribution is 2.38. The van der Waals surface area contributed by atoms with Crippen LogP contribution >= 0.6 is 11.6 Å². The van der Waals surface area contributed by atoms with Gasteiger partial charge in [-0.1, -0.05) is 30.9 Å². The molecule has 1 heterocycles. The third kappa shape index (κ3) is 4.37. The van der Waals surface area contributed by atoms with E-state index in [-0.39, 0.29) is 22.5 Å². The van der Waals surface area contributed by atoms with Gasteiger partial charge in [0.05, 0.1) is 10.6 Å². The highest BCUT2D eigenvalue weighted by atomic mass is 35.5. The summed E-state index contributed by atoms with van der Waals surface area (Å²) in [6, 6.07) is 3.16. The minimum absolute atomic E-state index is 0.172. The molecule has 7 heteroatoms. The fourth-order valence-electron chi connectivity index (χ4n) is 3.08. The van der Waals surface area contributed by atoms with Crippen LogP contribution in [0.4, 0.5) is 0 Å². The van der Waals surface area contributed by atoms with E-state index in [2.05, 4.69) is 5.32 Å². The molecule has 1 fully saturated rings. The summed E-state index contributed by atoms with van der Waals surface area (Å²) in [5, 5.41) is 3.23. The predicted molar refractivity (Wildman–Crippen MR) is 92.3 cm³/mol. The van der Waals surface area contributed by atoms with Crippen molar-refractivity contribution in [3.8, 4) is 11.5 Å². The monoisotopic (exact) mass is 367 g/mol. The van der Waals surface area contributed by atoms with Crippen LogP contribution in [0.25, 0.3) is 0 Å². The highest BCUT2D eigenvalue weighted by Gasteiger charge is 2.25. The summed E-state index contributed by atoms with van der Waals surface area (Å²) < 4.78 is 16.2. The average Bonchev–Trinajstić information content (AvgIpc) is 2.62. The summed E-state index contributed by atoms with van der Waals surface area (Å²) in [6.45, 7) is 2.37. The molecule has 1 aromatic rings. The van der Waals surface area contributed by atoms with Crippen molar-refractivity contribution >= 4 is 23.5 Å². The van der Waals surface area contributed by atoms with Gasteiger partial charge in [0, 0.05) is 6.04 Å². The number of amides is 1. The smallest absolute Gasteiger partial charge is 0.339 e. The highest BCUT2D eigenvalue weighted by molar-refractivity contribution is 6.32. The lowest BCUT2D eigenvalue weighted by Crippen LogP contribution is -2.42. The number of halogens is 1. The van der Waals surface area contributed by atoms with Crippen LogP contribution < -0.4 is 14.8 Å². The number of carbonyl (C=O) groups is 2. The molecule has 6 nitrogen and oxygen atoms in total. The quantitative estimate of drug-likeness (QED) is 0.828. The Hall–Kier alpha value is -1.95. The zero-order chi connectivity index (χ0) is 17.8. The fourth-order valence-corrected chi connectivity index (χ4v) is 3.34. The summed E-state index contributed by atoms with van der Waals surface area (Å²) >= 11 is 6.13. The Kier molecular flexibility index (Phi) is 5.68. The van der Waals surface area contributed by atoms with E-state index >= 15 is 0 Å². The molecule has 0 saturated heterocycles. The van der Waals surface area contributed by atoms with E-state index in [4.69, 9.17) is 25.8 Å². The molecule has 3 rings (SSSR count). The van der Waals surface area contributed by atoms with E-state index in [1.54, 1.807) is 6.92 Å². The molecule has 0 bridgehead atoms. The standard InChI is InChI=1S/C18H22ClNO5/c1-11(17(21)20-13-5-3-2-4-6-13)25-18(22)12-9-14(19)16-15(10-12)23-7-8-24-16/h9-11,13H,2-8H2,1H3,(H,20,21)/t11-/m0/s1. The van der Waals surface area contributed by atoms with Crippen molar-refractivity contribution in [3.05, 3.63) is 22.7 Å². The van der Waals surface area contributed by atoms with Gasteiger partial charge in [-0.3, -0.25) is 4.79 Å². The number of carbonyl (C=O) groups excluding carboxylic acids is 2. The molecular formula is C18H22ClNO5. The summed E-state index contributed by atoms with van der Waals surface area (Å²) in [7, 11) is 0. The molecule has 1 N–H and O–H groups in total. The second-order valence-corrected chi connectivity index (χ2v) is 6.78. The van der Waals surface area contributed by atoms with E-state index in [1.807, 2.05) is 0 Å². The third-order valence-corrected chi connectivity index (χ3v) is 4.72. The first kappa shape index (κ1) is 17.9. The summed E-state index contributed by atoms with van der Waals surface area (Å²) in [5.41, 5.74) is 0.228. The molecule has 1 atom stereocenters. The van der Waals surface area contributed by atoms with Gasteiger partial charge < -0.3 is 19.5 Å². The molecule has 2 aliphatic rings. The molecule has 1 amide bonds. The predicted octanol–water partition coefficient (Wildman–Crippen LogP) is 3.11. The van der Waals surface area contributed by atoms with Gasteiger partial charge in [0.25, 0.3) is 5.91 Å². The minimum atomic E-state index is -0.874. The van der Waals surface area contributed by atoms with Crippen LogP contribution in [0.3, 0.4) is 0 Å². The molecule has 1 aromatic carbocycles. The van der Waals surface area contributed by atoms with Crippen molar-refractivity contribution in [2.24, 2.45) is 0 Å². The second kappa shape index (κ2) is 7.95. The Morgan fingerprint density at radius 1 is 1.20 bits per heavy atom. The number of esters is 1. The molecule has 1 aliphatic heterocycles. The van der Waals surface area contributed by atoms with Crippen molar-refractivity contribution in [3.63, 3.8) is 0 Å². The van der Waals surface area contributed by atoms with Crippen molar-refractivity contribution in [2.45, 2.75) is 51.2 Å². The molecule has 0 aromatic heterocycles. The van der Waals surface area contributed by atoms with Gasteiger partial charge in [0.15, 0.2) is 17.6 Å². The largest absolute Gasteiger partial charge is 0.486 e. The van der Waals surface area contributed by atoms with Crippen molar-refractivity contribution in [1.82, 2.24) is 5.32 Å². The topological polar surface area (TPSA) is 73.9 Å². The van der Waals surface area contributed by atoms with Gasteiger partial charge in [-0.15, -0.1) is 0 Å². The Labute approximate surface area is 151 Å². The first-order valence-corrected chi connectivity index (χ1v) is 9.03. The number of hydrogen-bond donors (Lipinski definition) is 1. The minimum Gasteiger partial charge on any atom is -0.486 e. The molecular weight excluding hydrogens is 346 g/mol. The van der Waals surface area contributed by atoms with E-state index in [0.29, 0.717) is 24.7 Å². The maximum absolute atomic E-state index is 12.3. The van der Waals surface area contributed by atoms with E-state index in [1.165, 1.54) is 18.6 Å². The SMILES string of the molecule is C[C@H](OC(=O)c1cc(Cl)c2c(c1)OCCO2)C(=O)NC1CCCCC1. The van der Waals surface area contributed by atoms with Crippen LogP contribution in [0, 0.1) is 0 Å². The molecule has 0 spiro atoms. The van der Waals surface area contributed by atoms with Gasteiger partial charge in [-0.25, -0.2) is 4.79 Å². The lowest BCUT2D eigenvalue weighted by molar-refractivity contribution is -0.130. The van der Waals surface area contributed by atoms with Gasteiger partial charge in [0.2, 0.25) is 0 Å². The number of benzene rings is 1. The van der Waals surface area contributed by atoms with Crippen molar-refractivity contribution in [1.29, 1.82) is 0 Å². The Bertz CT molecular complexity index is 657. The van der Waals surface area contributed by atoms with Crippen molar-refractivity contribution < 1.29 is 23.8 Å². The first-order valence-electron chi connectivity index (χ1n) is 8.65. The normalized spacial score (nSPS) is 18.3.